The molecule has 0 aliphatic carbocycles. The smallest absolute Gasteiger partial charge is 0.329 e. The molecule has 6 nitrogen and oxygen atoms in total. The minimum atomic E-state index is -1.06. The Morgan fingerprint density at radius 2 is 2.62 bits per heavy atom. The highest BCUT2D eigenvalue weighted by atomic mass is 32.1. The average molecular weight is 203 g/mol. The summed E-state index contributed by atoms with van der Waals surface area (Å²) < 4.78 is 0. The second-order valence-electron chi connectivity index (χ2n) is 2.20. The topological polar surface area (TPSA) is 97.5 Å². The molecule has 1 aromatic rings. The van der Waals surface area contributed by atoms with E-state index >= 15 is 0 Å². The largest absolute Gasteiger partial charge is 0.480 e. The van der Waals surface area contributed by atoms with Gasteiger partial charge in [-0.15, -0.1) is 11.3 Å². The first-order valence-corrected chi connectivity index (χ1v) is 4.25. The first-order valence-electron chi connectivity index (χ1n) is 3.37. The Balaban J connectivity index is 2.81. The summed E-state index contributed by atoms with van der Waals surface area (Å²) in [6.45, 7) is 0. The van der Waals surface area contributed by atoms with Crippen molar-refractivity contribution in [1.29, 1.82) is 0 Å². The van der Waals surface area contributed by atoms with Crippen LogP contribution in [0.3, 0.4) is 0 Å². The second-order valence-corrected chi connectivity index (χ2v) is 3.09. The van der Waals surface area contributed by atoms with E-state index < -0.39 is 12.0 Å². The molecule has 1 unspecified atom stereocenters. The minimum Gasteiger partial charge on any atom is -0.480 e. The molecule has 0 aliphatic rings. The van der Waals surface area contributed by atoms with Crippen LogP contribution in [-0.4, -0.2) is 23.2 Å². The molecule has 0 bridgehead atoms. The zero-order valence-electron chi connectivity index (χ0n) is 6.85. The van der Waals surface area contributed by atoms with E-state index in [9.17, 15) is 4.79 Å². The minimum absolute atomic E-state index is 0.333. The van der Waals surface area contributed by atoms with Crippen molar-refractivity contribution in [2.75, 3.05) is 12.8 Å². The summed E-state index contributed by atoms with van der Waals surface area (Å²) in [5, 5.41) is 10.7. The van der Waals surface area contributed by atoms with Gasteiger partial charge in [0.1, 0.15) is 0 Å². The molecule has 0 aliphatic heterocycles. The highest BCUT2D eigenvalue weighted by Gasteiger charge is 2.21. The summed E-state index contributed by atoms with van der Waals surface area (Å²) in [6.07, 6.45) is 0. The molecule has 0 spiro atoms. The monoisotopic (exact) mass is 203 g/mol. The number of anilines is 1. The summed E-state index contributed by atoms with van der Waals surface area (Å²) in [7, 11) is 1.34. The molecular formula is C6H9N3O3S. The van der Waals surface area contributed by atoms with E-state index in [2.05, 4.69) is 15.3 Å². The van der Waals surface area contributed by atoms with E-state index in [1.807, 2.05) is 0 Å². The van der Waals surface area contributed by atoms with Gasteiger partial charge in [0, 0.05) is 5.38 Å². The number of nitrogen functional groups attached to an aromatic ring is 1. The Morgan fingerprint density at radius 1 is 1.92 bits per heavy atom. The van der Waals surface area contributed by atoms with Crippen LogP contribution in [0.5, 0.6) is 0 Å². The van der Waals surface area contributed by atoms with Crippen molar-refractivity contribution < 1.29 is 14.7 Å². The van der Waals surface area contributed by atoms with Crippen LogP contribution >= 0.6 is 11.3 Å². The number of carboxylic acid groups (broad SMARTS) is 1. The zero-order chi connectivity index (χ0) is 9.84. The van der Waals surface area contributed by atoms with Crippen molar-refractivity contribution in [3.8, 4) is 0 Å². The molecule has 1 heterocycles. The number of rotatable bonds is 4. The fourth-order valence-electron chi connectivity index (χ4n) is 0.788. The summed E-state index contributed by atoms with van der Waals surface area (Å²) >= 11 is 1.18. The molecule has 13 heavy (non-hydrogen) atoms. The van der Waals surface area contributed by atoms with E-state index in [0.29, 0.717) is 10.8 Å². The maximum atomic E-state index is 10.7. The Bertz CT molecular complexity index is 301. The third-order valence-corrected chi connectivity index (χ3v) is 2.01. The fraction of sp³-hybridized carbons (Fsp3) is 0.333. The summed E-state index contributed by atoms with van der Waals surface area (Å²) in [5.74, 6) is -1.06. The van der Waals surface area contributed by atoms with Gasteiger partial charge in [0.05, 0.1) is 12.8 Å². The van der Waals surface area contributed by atoms with Gasteiger partial charge in [0.15, 0.2) is 11.2 Å². The number of hydrogen-bond acceptors (Lipinski definition) is 6. The molecule has 1 atom stereocenters. The summed E-state index contributed by atoms with van der Waals surface area (Å²) in [6, 6.07) is -0.974. The van der Waals surface area contributed by atoms with E-state index in [0.717, 1.165) is 0 Å². The fourth-order valence-corrected chi connectivity index (χ4v) is 1.38. The number of carboxylic acids is 1. The van der Waals surface area contributed by atoms with Gasteiger partial charge in [-0.05, 0) is 0 Å². The highest BCUT2D eigenvalue weighted by molar-refractivity contribution is 7.13. The van der Waals surface area contributed by atoms with Crippen LogP contribution in [0, 0.1) is 0 Å². The van der Waals surface area contributed by atoms with Gasteiger partial charge in [-0.1, -0.05) is 0 Å². The second kappa shape index (κ2) is 4.17. The third kappa shape index (κ3) is 2.38. The molecule has 0 fully saturated rings. The maximum Gasteiger partial charge on any atom is 0.329 e. The standard InChI is InChI=1S/C6H9N3O3S/c1-12-9-4(5(10)11)3-2-13-6(7)8-3/h2,4,9H,1H3,(H2,7,8)(H,10,11). The van der Waals surface area contributed by atoms with E-state index in [1.54, 1.807) is 5.38 Å². The molecule has 72 valence electrons. The predicted octanol–water partition coefficient (Wildman–Crippen LogP) is 0.00200. The number of nitrogens with two attached hydrogens (primary N) is 1. The van der Waals surface area contributed by atoms with Gasteiger partial charge in [0.2, 0.25) is 0 Å². The molecule has 0 saturated heterocycles. The molecule has 1 rings (SSSR count). The van der Waals surface area contributed by atoms with Gasteiger partial charge in [-0.2, -0.15) is 5.48 Å². The van der Waals surface area contributed by atoms with Crippen molar-refractivity contribution in [2.24, 2.45) is 0 Å². The molecule has 0 radical (unpaired) electrons. The number of hydroxylamine groups is 1. The zero-order valence-corrected chi connectivity index (χ0v) is 7.67. The predicted molar refractivity (Wildman–Crippen MR) is 47.0 cm³/mol. The first-order chi connectivity index (χ1) is 6.15. The van der Waals surface area contributed by atoms with Crippen molar-refractivity contribution in [3.63, 3.8) is 0 Å². The lowest BCUT2D eigenvalue weighted by molar-refractivity contribution is -0.143. The van der Waals surface area contributed by atoms with E-state index in [1.165, 1.54) is 18.4 Å². The van der Waals surface area contributed by atoms with Crippen LogP contribution in [-0.2, 0) is 9.63 Å². The number of nitrogens with one attached hydrogen (secondary N) is 1. The Labute approximate surface area is 78.3 Å². The van der Waals surface area contributed by atoms with Crippen LogP contribution in [0.2, 0.25) is 0 Å². The lowest BCUT2D eigenvalue weighted by Crippen LogP contribution is -2.27. The number of hydrogen-bond donors (Lipinski definition) is 3. The highest BCUT2D eigenvalue weighted by Crippen LogP contribution is 2.18. The van der Waals surface area contributed by atoms with Gasteiger partial charge in [0.25, 0.3) is 0 Å². The molecule has 4 N–H and O–H groups in total. The van der Waals surface area contributed by atoms with Crippen molar-refractivity contribution >= 4 is 22.4 Å². The number of nitrogens with zero attached hydrogens (tertiary/aromatic N) is 1. The van der Waals surface area contributed by atoms with Crippen LogP contribution in [0.15, 0.2) is 5.38 Å². The lowest BCUT2D eigenvalue weighted by Gasteiger charge is -2.08. The molecule has 0 aromatic carbocycles. The number of aliphatic carboxylic acids is 1. The first kappa shape index (κ1) is 9.90. The van der Waals surface area contributed by atoms with Gasteiger partial charge in [-0.25, -0.2) is 4.98 Å². The Hall–Kier alpha value is -1.18. The lowest BCUT2D eigenvalue weighted by atomic mass is 10.2. The van der Waals surface area contributed by atoms with Crippen LogP contribution in [0.1, 0.15) is 11.7 Å². The van der Waals surface area contributed by atoms with Crippen LogP contribution < -0.4 is 11.2 Å². The van der Waals surface area contributed by atoms with E-state index in [-0.39, 0.29) is 0 Å². The Morgan fingerprint density at radius 3 is 3.00 bits per heavy atom. The van der Waals surface area contributed by atoms with Crippen molar-refractivity contribution in [2.45, 2.75) is 6.04 Å². The maximum absolute atomic E-state index is 10.7. The van der Waals surface area contributed by atoms with Crippen LogP contribution in [0.25, 0.3) is 0 Å². The normalized spacial score (nSPS) is 12.7. The van der Waals surface area contributed by atoms with Crippen LogP contribution in [0.4, 0.5) is 5.13 Å². The van der Waals surface area contributed by atoms with E-state index in [4.69, 9.17) is 10.8 Å². The van der Waals surface area contributed by atoms with Crippen molar-refractivity contribution in [3.05, 3.63) is 11.1 Å². The quantitative estimate of drug-likeness (QED) is 0.596. The number of thiazole rings is 1. The third-order valence-electron chi connectivity index (χ3n) is 1.32. The Kier molecular flexibility index (Phi) is 3.18. The number of aromatic nitrogens is 1. The number of carbonyl (C=O) groups is 1. The van der Waals surface area contributed by atoms with Gasteiger partial charge in [-0.3, -0.25) is 4.79 Å². The summed E-state index contributed by atoms with van der Waals surface area (Å²) in [4.78, 5) is 19.0. The average Bonchev–Trinajstić information content (AvgIpc) is 2.46. The molecule has 7 heteroatoms. The molecule has 1 aromatic heterocycles. The SMILES string of the molecule is CONC(C(=O)O)c1csc(N)n1. The van der Waals surface area contributed by atoms with Crippen molar-refractivity contribution in [1.82, 2.24) is 10.5 Å². The molecule has 0 amide bonds. The summed E-state index contributed by atoms with van der Waals surface area (Å²) in [5.41, 5.74) is 8.00. The molecule has 0 saturated carbocycles. The van der Waals surface area contributed by atoms with Gasteiger partial charge >= 0.3 is 5.97 Å². The van der Waals surface area contributed by atoms with Gasteiger partial charge < -0.3 is 15.7 Å². The molecular weight excluding hydrogens is 194 g/mol.